The third kappa shape index (κ3) is 15.6. The van der Waals surface area contributed by atoms with E-state index >= 15 is 0 Å². The van der Waals surface area contributed by atoms with E-state index in [0.717, 1.165) is 0 Å². The third-order valence-electron chi connectivity index (χ3n) is 1.23. The molecule has 0 fully saturated rings. The zero-order chi connectivity index (χ0) is 13.0. The molecule has 0 aromatic carbocycles. The molecule has 0 bridgehead atoms. The number of carboxylic acid groups (broad SMARTS) is 2. The summed E-state index contributed by atoms with van der Waals surface area (Å²) in [5.41, 5.74) is 0. The molecule has 0 rings (SSSR count). The summed E-state index contributed by atoms with van der Waals surface area (Å²) in [5, 5.41) is 34.1. The van der Waals surface area contributed by atoms with E-state index in [-0.39, 0.29) is 13.2 Å². The Balaban J connectivity index is 0. The number of aliphatic hydroxyl groups is 2. The van der Waals surface area contributed by atoms with Crippen LogP contribution in [0.1, 0.15) is 6.42 Å². The minimum absolute atomic E-state index is 0.139. The van der Waals surface area contributed by atoms with Gasteiger partial charge in [0.15, 0.2) is 0 Å². The van der Waals surface area contributed by atoms with E-state index in [2.05, 4.69) is 17.9 Å². The SMILES string of the molecule is O=C(O)CC(S)C(=O)O.OCCNCCO. The van der Waals surface area contributed by atoms with Gasteiger partial charge in [-0.3, -0.25) is 9.59 Å². The molecule has 0 spiro atoms. The fourth-order valence-electron chi connectivity index (χ4n) is 0.536. The van der Waals surface area contributed by atoms with Crippen molar-refractivity contribution in [3.8, 4) is 0 Å². The molecule has 0 aliphatic carbocycles. The van der Waals surface area contributed by atoms with Crippen molar-refractivity contribution >= 4 is 24.6 Å². The first-order valence-electron chi connectivity index (χ1n) is 4.50. The molecule has 0 aromatic rings. The van der Waals surface area contributed by atoms with Gasteiger partial charge in [0.1, 0.15) is 5.25 Å². The predicted molar refractivity (Wildman–Crippen MR) is 59.7 cm³/mol. The van der Waals surface area contributed by atoms with Crippen LogP contribution in [0.5, 0.6) is 0 Å². The van der Waals surface area contributed by atoms with Crippen molar-refractivity contribution in [1.29, 1.82) is 0 Å². The quantitative estimate of drug-likeness (QED) is 0.239. The van der Waals surface area contributed by atoms with Gasteiger partial charge in [-0.1, -0.05) is 0 Å². The first-order valence-corrected chi connectivity index (χ1v) is 5.02. The summed E-state index contributed by atoms with van der Waals surface area (Å²) in [4.78, 5) is 19.7. The molecule has 0 aromatic heterocycles. The Morgan fingerprint density at radius 1 is 1.12 bits per heavy atom. The zero-order valence-corrected chi connectivity index (χ0v) is 9.56. The molecule has 0 saturated carbocycles. The first kappa shape index (κ1) is 17.6. The number of carbonyl (C=O) groups is 2. The summed E-state index contributed by atoms with van der Waals surface area (Å²) in [7, 11) is 0. The second kappa shape index (κ2) is 12.2. The molecule has 0 heterocycles. The van der Waals surface area contributed by atoms with Gasteiger partial charge >= 0.3 is 11.9 Å². The molecule has 5 N–H and O–H groups in total. The van der Waals surface area contributed by atoms with Crippen LogP contribution in [-0.2, 0) is 9.59 Å². The van der Waals surface area contributed by atoms with Crippen LogP contribution in [0.25, 0.3) is 0 Å². The molecule has 0 aliphatic heterocycles. The van der Waals surface area contributed by atoms with Gasteiger partial charge in [-0.25, -0.2) is 0 Å². The summed E-state index contributed by atoms with van der Waals surface area (Å²) in [6, 6.07) is 0. The molecular formula is C8H17NO6S. The van der Waals surface area contributed by atoms with Gasteiger partial charge in [-0.2, -0.15) is 12.6 Å². The van der Waals surface area contributed by atoms with Gasteiger partial charge in [0.05, 0.1) is 19.6 Å². The van der Waals surface area contributed by atoms with Crippen molar-refractivity contribution in [2.24, 2.45) is 0 Å². The molecule has 8 heteroatoms. The molecule has 7 nitrogen and oxygen atoms in total. The standard InChI is InChI=1S/C4H11NO2.C4H6O4S/c6-3-1-5-2-4-7;5-3(6)1-2(9)4(7)8/h5-7H,1-4H2;2,9H,1H2,(H,5,6)(H,7,8). The van der Waals surface area contributed by atoms with Gasteiger partial charge in [-0.15, -0.1) is 0 Å². The Labute approximate surface area is 98.5 Å². The van der Waals surface area contributed by atoms with E-state index in [4.69, 9.17) is 20.4 Å². The lowest BCUT2D eigenvalue weighted by atomic mass is 10.3. The fourth-order valence-corrected chi connectivity index (χ4v) is 0.692. The normalized spacial score (nSPS) is 11.2. The average Bonchev–Trinajstić information content (AvgIpc) is 2.18. The Morgan fingerprint density at radius 3 is 1.75 bits per heavy atom. The number of thiol groups is 1. The maximum atomic E-state index is 9.90. The summed E-state index contributed by atoms with van der Waals surface area (Å²) < 4.78 is 0. The van der Waals surface area contributed by atoms with Gasteiger partial charge < -0.3 is 25.7 Å². The third-order valence-corrected chi connectivity index (χ3v) is 1.63. The topological polar surface area (TPSA) is 127 Å². The smallest absolute Gasteiger partial charge is 0.316 e. The van der Waals surface area contributed by atoms with Crippen LogP contribution in [0, 0.1) is 0 Å². The van der Waals surface area contributed by atoms with E-state index in [9.17, 15) is 9.59 Å². The van der Waals surface area contributed by atoms with E-state index in [0.29, 0.717) is 13.1 Å². The van der Waals surface area contributed by atoms with Crippen molar-refractivity contribution in [3.05, 3.63) is 0 Å². The second-order valence-electron chi connectivity index (χ2n) is 2.65. The van der Waals surface area contributed by atoms with Gasteiger partial charge in [0, 0.05) is 13.1 Å². The maximum Gasteiger partial charge on any atom is 0.316 e. The highest BCUT2D eigenvalue weighted by molar-refractivity contribution is 7.81. The Morgan fingerprint density at radius 2 is 1.56 bits per heavy atom. The minimum atomic E-state index is -1.21. The van der Waals surface area contributed by atoms with Crippen molar-refractivity contribution in [2.45, 2.75) is 11.7 Å². The van der Waals surface area contributed by atoms with Crippen molar-refractivity contribution < 1.29 is 30.0 Å². The molecule has 0 radical (unpaired) electrons. The number of aliphatic carboxylic acids is 2. The van der Waals surface area contributed by atoms with Gasteiger partial charge in [-0.05, 0) is 0 Å². The Kier molecular flexibility index (Phi) is 13.4. The molecule has 16 heavy (non-hydrogen) atoms. The number of carboxylic acids is 2. The van der Waals surface area contributed by atoms with E-state index in [1.807, 2.05) is 0 Å². The van der Waals surface area contributed by atoms with E-state index in [1.54, 1.807) is 0 Å². The van der Waals surface area contributed by atoms with Crippen LogP contribution >= 0.6 is 12.6 Å². The number of nitrogens with one attached hydrogen (secondary N) is 1. The highest BCUT2D eigenvalue weighted by atomic mass is 32.1. The van der Waals surface area contributed by atoms with Crippen molar-refractivity contribution in [3.63, 3.8) is 0 Å². The molecule has 0 aliphatic rings. The summed E-state index contributed by atoms with van der Waals surface area (Å²) in [5.74, 6) is -2.36. The fraction of sp³-hybridized carbons (Fsp3) is 0.750. The van der Waals surface area contributed by atoms with Crippen molar-refractivity contribution in [1.82, 2.24) is 5.32 Å². The van der Waals surface area contributed by atoms with E-state index in [1.165, 1.54) is 0 Å². The summed E-state index contributed by atoms with van der Waals surface area (Å²) >= 11 is 3.48. The zero-order valence-electron chi connectivity index (χ0n) is 8.67. The lowest BCUT2D eigenvalue weighted by Gasteiger charge is -1.97. The molecule has 96 valence electrons. The monoisotopic (exact) mass is 255 g/mol. The summed E-state index contributed by atoms with van der Waals surface area (Å²) in [6.45, 7) is 1.42. The molecule has 0 saturated heterocycles. The highest BCUT2D eigenvalue weighted by Crippen LogP contribution is 1.99. The van der Waals surface area contributed by atoms with Gasteiger partial charge in [0.2, 0.25) is 0 Å². The minimum Gasteiger partial charge on any atom is -0.481 e. The number of aliphatic hydroxyl groups excluding tert-OH is 2. The second-order valence-corrected chi connectivity index (χ2v) is 3.27. The van der Waals surface area contributed by atoms with E-state index < -0.39 is 23.6 Å². The highest BCUT2D eigenvalue weighted by Gasteiger charge is 2.14. The molecular weight excluding hydrogens is 238 g/mol. The van der Waals surface area contributed by atoms with Crippen LogP contribution in [0.4, 0.5) is 0 Å². The number of hydrogen-bond acceptors (Lipinski definition) is 6. The molecule has 1 atom stereocenters. The molecule has 0 amide bonds. The van der Waals surface area contributed by atoms with Crippen molar-refractivity contribution in [2.75, 3.05) is 26.3 Å². The summed E-state index contributed by atoms with van der Waals surface area (Å²) in [6.07, 6.45) is -0.446. The molecule has 1 unspecified atom stereocenters. The average molecular weight is 255 g/mol. The largest absolute Gasteiger partial charge is 0.481 e. The number of rotatable bonds is 7. The predicted octanol–water partition coefficient (Wildman–Crippen LogP) is -1.60. The van der Waals surface area contributed by atoms with Crippen LogP contribution in [0.2, 0.25) is 0 Å². The van der Waals surface area contributed by atoms with Crippen LogP contribution in [0.3, 0.4) is 0 Å². The lowest BCUT2D eigenvalue weighted by Crippen LogP contribution is -2.21. The van der Waals surface area contributed by atoms with Gasteiger partial charge in [0.25, 0.3) is 0 Å². The Bertz CT molecular complexity index is 197. The van der Waals surface area contributed by atoms with Crippen LogP contribution in [0.15, 0.2) is 0 Å². The maximum absolute atomic E-state index is 9.90. The van der Waals surface area contributed by atoms with Crippen LogP contribution in [-0.4, -0.2) is 63.9 Å². The lowest BCUT2D eigenvalue weighted by molar-refractivity contribution is -0.142. The van der Waals surface area contributed by atoms with Crippen LogP contribution < -0.4 is 5.32 Å². The first-order chi connectivity index (χ1) is 7.45. The number of hydrogen-bond donors (Lipinski definition) is 6. The Hall–Kier alpha value is -0.830.